The standard InChI is InChI=1S/C8H13F2NO2/c1-13-6-3-2-4-11(5-6)8(12)7(9)10/h6-7H,2-5H2,1H3. The first kappa shape index (κ1) is 10.4. The van der Waals surface area contributed by atoms with Gasteiger partial charge in [-0.15, -0.1) is 0 Å². The van der Waals surface area contributed by atoms with Crippen LogP contribution in [0.2, 0.25) is 0 Å². The minimum absolute atomic E-state index is 0.0866. The van der Waals surface area contributed by atoms with Crippen molar-refractivity contribution in [2.45, 2.75) is 25.4 Å². The number of methoxy groups -OCH3 is 1. The Labute approximate surface area is 75.7 Å². The molecule has 76 valence electrons. The number of hydrogen-bond donors (Lipinski definition) is 0. The summed E-state index contributed by atoms with van der Waals surface area (Å²) < 4.78 is 29.0. The average Bonchev–Trinajstić information content (AvgIpc) is 2.16. The van der Waals surface area contributed by atoms with Gasteiger partial charge in [0.05, 0.1) is 6.10 Å². The molecule has 1 fully saturated rings. The SMILES string of the molecule is COC1CCCN(C(=O)C(F)F)C1. The molecule has 3 nitrogen and oxygen atoms in total. The summed E-state index contributed by atoms with van der Waals surface area (Å²) >= 11 is 0. The maximum Gasteiger partial charge on any atom is 0.315 e. The molecule has 13 heavy (non-hydrogen) atoms. The van der Waals surface area contributed by atoms with E-state index in [2.05, 4.69) is 0 Å². The number of carbonyl (C=O) groups excluding carboxylic acids is 1. The zero-order valence-electron chi connectivity index (χ0n) is 7.50. The second-order valence-electron chi connectivity index (χ2n) is 3.08. The average molecular weight is 193 g/mol. The van der Waals surface area contributed by atoms with Crippen LogP contribution in [0.25, 0.3) is 0 Å². The van der Waals surface area contributed by atoms with Gasteiger partial charge in [-0.2, -0.15) is 8.78 Å². The van der Waals surface area contributed by atoms with E-state index in [1.165, 1.54) is 12.0 Å². The Kier molecular flexibility index (Phi) is 3.59. The zero-order valence-corrected chi connectivity index (χ0v) is 7.50. The number of halogens is 2. The normalized spacial score (nSPS) is 23.7. The largest absolute Gasteiger partial charge is 0.380 e. The first-order chi connectivity index (χ1) is 6.15. The molecule has 5 heteroatoms. The molecule has 1 heterocycles. The Hall–Kier alpha value is -0.710. The topological polar surface area (TPSA) is 29.5 Å². The fourth-order valence-electron chi connectivity index (χ4n) is 1.47. The quantitative estimate of drug-likeness (QED) is 0.651. The third kappa shape index (κ3) is 2.62. The van der Waals surface area contributed by atoms with Crippen LogP contribution in [-0.2, 0) is 9.53 Å². The van der Waals surface area contributed by atoms with Crippen LogP contribution < -0.4 is 0 Å². The van der Waals surface area contributed by atoms with Gasteiger partial charge in [0.1, 0.15) is 0 Å². The number of piperidine rings is 1. The van der Waals surface area contributed by atoms with Crippen molar-refractivity contribution < 1.29 is 18.3 Å². The summed E-state index contributed by atoms with van der Waals surface area (Å²) in [6.45, 7) is 0.711. The number of carbonyl (C=O) groups is 1. The Balaban J connectivity index is 2.46. The van der Waals surface area contributed by atoms with Gasteiger partial charge in [-0.05, 0) is 12.8 Å². The van der Waals surface area contributed by atoms with E-state index in [0.29, 0.717) is 13.1 Å². The molecule has 1 saturated heterocycles. The van der Waals surface area contributed by atoms with Crippen molar-refractivity contribution in [3.8, 4) is 0 Å². The van der Waals surface area contributed by atoms with Crippen LogP contribution in [0.3, 0.4) is 0 Å². The van der Waals surface area contributed by atoms with Gasteiger partial charge in [0, 0.05) is 20.2 Å². The predicted octanol–water partition coefficient (Wildman–Crippen LogP) is 0.889. The van der Waals surface area contributed by atoms with Crippen LogP contribution in [0.5, 0.6) is 0 Å². The zero-order chi connectivity index (χ0) is 9.84. The first-order valence-electron chi connectivity index (χ1n) is 4.25. The Morgan fingerprint density at radius 3 is 2.85 bits per heavy atom. The van der Waals surface area contributed by atoms with Gasteiger partial charge in [-0.25, -0.2) is 0 Å². The van der Waals surface area contributed by atoms with Crippen LogP contribution in [0.4, 0.5) is 8.78 Å². The van der Waals surface area contributed by atoms with E-state index in [9.17, 15) is 13.6 Å². The van der Waals surface area contributed by atoms with Crippen LogP contribution in [0.15, 0.2) is 0 Å². The van der Waals surface area contributed by atoms with Crippen LogP contribution in [0.1, 0.15) is 12.8 Å². The molecule has 1 aliphatic rings. The van der Waals surface area contributed by atoms with Crippen molar-refractivity contribution in [2.24, 2.45) is 0 Å². The highest BCUT2D eigenvalue weighted by Gasteiger charge is 2.28. The van der Waals surface area contributed by atoms with Gasteiger partial charge >= 0.3 is 6.43 Å². The molecule has 0 aliphatic carbocycles. The summed E-state index contributed by atoms with van der Waals surface area (Å²) in [6, 6.07) is 0. The van der Waals surface area contributed by atoms with E-state index in [-0.39, 0.29) is 6.10 Å². The first-order valence-corrected chi connectivity index (χ1v) is 4.25. The van der Waals surface area contributed by atoms with Crippen LogP contribution in [0, 0.1) is 0 Å². The predicted molar refractivity (Wildman–Crippen MR) is 42.6 cm³/mol. The van der Waals surface area contributed by atoms with E-state index >= 15 is 0 Å². The molecule has 1 rings (SSSR count). The lowest BCUT2D eigenvalue weighted by molar-refractivity contribution is -0.146. The summed E-state index contributed by atoms with van der Waals surface area (Å²) in [5, 5.41) is 0. The van der Waals surface area contributed by atoms with Crippen molar-refractivity contribution in [1.29, 1.82) is 0 Å². The molecule has 1 aliphatic heterocycles. The van der Waals surface area contributed by atoms with E-state index in [1.807, 2.05) is 0 Å². The number of alkyl halides is 2. The van der Waals surface area contributed by atoms with Crippen molar-refractivity contribution in [1.82, 2.24) is 4.90 Å². The molecule has 0 aromatic carbocycles. The van der Waals surface area contributed by atoms with Crippen molar-refractivity contribution >= 4 is 5.91 Å². The molecule has 1 atom stereocenters. The van der Waals surface area contributed by atoms with Gasteiger partial charge in [0.25, 0.3) is 5.91 Å². The van der Waals surface area contributed by atoms with E-state index in [4.69, 9.17) is 4.74 Å². The molecular weight excluding hydrogens is 180 g/mol. The molecule has 1 unspecified atom stereocenters. The highest BCUT2D eigenvalue weighted by molar-refractivity contribution is 5.79. The van der Waals surface area contributed by atoms with Crippen molar-refractivity contribution in [2.75, 3.05) is 20.2 Å². The number of rotatable bonds is 2. The smallest absolute Gasteiger partial charge is 0.315 e. The number of ether oxygens (including phenoxy) is 1. The Morgan fingerprint density at radius 2 is 2.31 bits per heavy atom. The summed E-state index contributed by atoms with van der Waals surface area (Å²) in [7, 11) is 1.53. The fourth-order valence-corrected chi connectivity index (χ4v) is 1.47. The maximum absolute atomic E-state index is 12.0. The molecule has 0 N–H and O–H groups in total. The van der Waals surface area contributed by atoms with E-state index < -0.39 is 12.3 Å². The summed E-state index contributed by atoms with van der Waals surface area (Å²) in [6.07, 6.45) is -1.41. The highest BCUT2D eigenvalue weighted by Crippen LogP contribution is 2.14. The molecule has 0 saturated carbocycles. The Morgan fingerprint density at radius 1 is 1.62 bits per heavy atom. The minimum atomic E-state index is -2.89. The summed E-state index contributed by atoms with van der Waals surface area (Å²) in [5.41, 5.74) is 0. The Bertz CT molecular complexity index is 187. The molecule has 0 spiro atoms. The van der Waals surface area contributed by atoms with E-state index in [1.54, 1.807) is 0 Å². The second-order valence-corrected chi connectivity index (χ2v) is 3.08. The fraction of sp³-hybridized carbons (Fsp3) is 0.875. The third-order valence-corrected chi connectivity index (χ3v) is 2.21. The number of likely N-dealkylation sites (tertiary alicyclic amines) is 1. The molecule has 0 aromatic rings. The lowest BCUT2D eigenvalue weighted by Gasteiger charge is -2.31. The molecule has 1 amide bonds. The van der Waals surface area contributed by atoms with Gasteiger partial charge < -0.3 is 9.64 Å². The lowest BCUT2D eigenvalue weighted by atomic mass is 10.1. The molecule has 0 bridgehead atoms. The van der Waals surface area contributed by atoms with Gasteiger partial charge in [-0.3, -0.25) is 4.79 Å². The van der Waals surface area contributed by atoms with Crippen LogP contribution in [-0.4, -0.2) is 43.5 Å². The number of hydrogen-bond acceptors (Lipinski definition) is 2. The summed E-state index contributed by atoms with van der Waals surface area (Å²) in [4.78, 5) is 12.0. The minimum Gasteiger partial charge on any atom is -0.380 e. The number of amides is 1. The van der Waals surface area contributed by atoms with Gasteiger partial charge in [0.2, 0.25) is 0 Å². The highest BCUT2D eigenvalue weighted by atomic mass is 19.3. The van der Waals surface area contributed by atoms with Crippen molar-refractivity contribution in [3.05, 3.63) is 0 Å². The third-order valence-electron chi connectivity index (χ3n) is 2.21. The monoisotopic (exact) mass is 193 g/mol. The van der Waals surface area contributed by atoms with E-state index in [0.717, 1.165) is 12.8 Å². The maximum atomic E-state index is 12.0. The van der Waals surface area contributed by atoms with Crippen molar-refractivity contribution in [3.63, 3.8) is 0 Å². The second kappa shape index (κ2) is 4.50. The molecule has 0 aromatic heterocycles. The molecule has 0 radical (unpaired) electrons. The lowest BCUT2D eigenvalue weighted by Crippen LogP contribution is -2.45. The number of nitrogens with zero attached hydrogens (tertiary/aromatic N) is 1. The summed E-state index contributed by atoms with van der Waals surface area (Å²) in [5.74, 6) is -1.08. The van der Waals surface area contributed by atoms with Gasteiger partial charge in [-0.1, -0.05) is 0 Å². The molecular formula is C8H13F2NO2. The van der Waals surface area contributed by atoms with Gasteiger partial charge in [0.15, 0.2) is 0 Å². The van der Waals surface area contributed by atoms with Crippen LogP contribution >= 0.6 is 0 Å².